The highest BCUT2D eigenvalue weighted by Gasteiger charge is 2.30. The van der Waals surface area contributed by atoms with Crippen LogP contribution in [0, 0.1) is 0 Å². The van der Waals surface area contributed by atoms with Gasteiger partial charge in [-0.1, -0.05) is 36.4 Å². The average Bonchev–Trinajstić information content (AvgIpc) is 3.55. The van der Waals surface area contributed by atoms with Crippen LogP contribution < -0.4 is 9.62 Å². The van der Waals surface area contributed by atoms with Crippen molar-refractivity contribution in [3.63, 3.8) is 0 Å². The molecule has 5 rings (SSSR count). The van der Waals surface area contributed by atoms with Gasteiger partial charge in [-0.15, -0.1) is 0 Å². The smallest absolute Gasteiger partial charge is 0.264 e. The number of rotatable bonds is 8. The van der Waals surface area contributed by atoms with Crippen molar-refractivity contribution < 1.29 is 22.4 Å². The molecular formula is C27H24N2O5S. The molecule has 2 heterocycles. The number of para-hydroxylation sites is 1. The number of nitrogens with zero attached hydrogens (tertiary/aromatic N) is 1. The minimum atomic E-state index is -3.79. The predicted molar refractivity (Wildman–Crippen MR) is 133 cm³/mol. The van der Waals surface area contributed by atoms with Crippen LogP contribution in [0.3, 0.4) is 0 Å². The van der Waals surface area contributed by atoms with Crippen LogP contribution in [0.2, 0.25) is 0 Å². The van der Waals surface area contributed by atoms with E-state index in [0.717, 1.165) is 16.9 Å². The minimum Gasteiger partial charge on any atom is -0.467 e. The molecule has 1 aliphatic heterocycles. The molecular weight excluding hydrogens is 464 g/mol. The van der Waals surface area contributed by atoms with Gasteiger partial charge in [-0.25, -0.2) is 8.42 Å². The van der Waals surface area contributed by atoms with E-state index >= 15 is 0 Å². The Morgan fingerprint density at radius 2 is 1.80 bits per heavy atom. The lowest BCUT2D eigenvalue weighted by Gasteiger charge is -2.20. The first-order valence-corrected chi connectivity index (χ1v) is 12.7. The van der Waals surface area contributed by atoms with Gasteiger partial charge in [-0.2, -0.15) is 0 Å². The monoisotopic (exact) mass is 488 g/mol. The maximum Gasteiger partial charge on any atom is 0.264 e. The Bertz CT molecular complexity index is 1450. The molecule has 1 aromatic heterocycles. The number of benzene rings is 3. The fourth-order valence-electron chi connectivity index (χ4n) is 4.09. The molecule has 7 nitrogen and oxygen atoms in total. The quantitative estimate of drug-likeness (QED) is 0.377. The SMILES string of the molecule is O=C(Nc1cccc(COCc2ccco2)c1)c1cccc(S(=O)(=O)N2CCc3ccccc32)c1. The van der Waals surface area contributed by atoms with Crippen LogP contribution in [0.15, 0.2) is 101 Å². The number of carbonyl (C=O) groups excluding carboxylic acids is 1. The number of hydrogen-bond acceptors (Lipinski definition) is 5. The lowest BCUT2D eigenvalue weighted by molar-refractivity contribution is 0.0929. The maximum absolute atomic E-state index is 13.3. The van der Waals surface area contributed by atoms with Crippen molar-refractivity contribution in [1.29, 1.82) is 0 Å². The van der Waals surface area contributed by atoms with E-state index in [2.05, 4.69) is 5.32 Å². The first kappa shape index (κ1) is 22.9. The number of amides is 1. The van der Waals surface area contributed by atoms with E-state index in [1.807, 2.05) is 48.5 Å². The Labute approximate surface area is 204 Å². The van der Waals surface area contributed by atoms with Crippen molar-refractivity contribution in [3.05, 3.63) is 114 Å². The molecule has 1 amide bonds. The number of ether oxygens (including phenoxy) is 1. The molecule has 0 saturated heterocycles. The average molecular weight is 489 g/mol. The van der Waals surface area contributed by atoms with Crippen molar-refractivity contribution >= 4 is 27.3 Å². The molecule has 0 spiro atoms. The van der Waals surface area contributed by atoms with Gasteiger partial charge in [0.05, 0.1) is 23.5 Å². The second-order valence-electron chi connectivity index (χ2n) is 8.21. The van der Waals surface area contributed by atoms with Gasteiger partial charge in [0.15, 0.2) is 0 Å². The Morgan fingerprint density at radius 3 is 2.66 bits per heavy atom. The number of hydrogen-bond donors (Lipinski definition) is 1. The first-order chi connectivity index (χ1) is 17.0. The number of fused-ring (bicyclic) bond motifs is 1. The molecule has 3 aromatic carbocycles. The number of nitrogens with one attached hydrogen (secondary N) is 1. The summed E-state index contributed by atoms with van der Waals surface area (Å²) in [5.41, 5.74) is 3.43. The molecule has 4 aromatic rings. The third-order valence-electron chi connectivity index (χ3n) is 5.81. The normalized spacial score (nSPS) is 13.0. The molecule has 0 atom stereocenters. The summed E-state index contributed by atoms with van der Waals surface area (Å²) in [5.74, 6) is 0.347. The number of anilines is 2. The second-order valence-corrected chi connectivity index (χ2v) is 10.1. The van der Waals surface area contributed by atoms with Crippen LogP contribution in [0.4, 0.5) is 11.4 Å². The van der Waals surface area contributed by atoms with E-state index in [0.29, 0.717) is 37.6 Å². The zero-order valence-electron chi connectivity index (χ0n) is 18.9. The number of furan rings is 1. The summed E-state index contributed by atoms with van der Waals surface area (Å²) >= 11 is 0. The van der Waals surface area contributed by atoms with Gasteiger partial charge in [-0.3, -0.25) is 9.10 Å². The van der Waals surface area contributed by atoms with Crippen LogP contribution in [0.1, 0.15) is 27.2 Å². The summed E-state index contributed by atoms with van der Waals surface area (Å²) in [5, 5.41) is 2.85. The van der Waals surface area contributed by atoms with E-state index in [-0.39, 0.29) is 10.5 Å². The molecule has 1 aliphatic rings. The third-order valence-corrected chi connectivity index (χ3v) is 7.62. The van der Waals surface area contributed by atoms with Crippen molar-refractivity contribution in [2.45, 2.75) is 24.5 Å². The molecule has 0 saturated carbocycles. The van der Waals surface area contributed by atoms with Gasteiger partial charge in [0, 0.05) is 17.8 Å². The summed E-state index contributed by atoms with van der Waals surface area (Å²) < 4.78 is 39.0. The fraction of sp³-hybridized carbons (Fsp3) is 0.148. The van der Waals surface area contributed by atoms with Gasteiger partial charge in [0.25, 0.3) is 15.9 Å². The number of carbonyl (C=O) groups is 1. The minimum absolute atomic E-state index is 0.0851. The molecule has 0 radical (unpaired) electrons. The zero-order valence-corrected chi connectivity index (χ0v) is 19.7. The van der Waals surface area contributed by atoms with Crippen LogP contribution in [-0.4, -0.2) is 20.9 Å². The predicted octanol–water partition coefficient (Wildman–Crippen LogP) is 5.00. The molecule has 0 aliphatic carbocycles. The summed E-state index contributed by atoms with van der Waals surface area (Å²) in [6, 6.07) is 24.6. The van der Waals surface area contributed by atoms with Crippen LogP contribution in [0.5, 0.6) is 0 Å². The Hall–Kier alpha value is -3.88. The molecule has 0 unspecified atom stereocenters. The molecule has 178 valence electrons. The zero-order chi connectivity index (χ0) is 24.3. The topological polar surface area (TPSA) is 88.8 Å². The fourth-order valence-corrected chi connectivity index (χ4v) is 5.64. The Balaban J connectivity index is 1.28. The lowest BCUT2D eigenvalue weighted by atomic mass is 10.2. The molecule has 0 bridgehead atoms. The van der Waals surface area contributed by atoms with Crippen molar-refractivity contribution in [2.24, 2.45) is 0 Å². The first-order valence-electron chi connectivity index (χ1n) is 11.2. The van der Waals surface area contributed by atoms with E-state index < -0.39 is 15.9 Å². The van der Waals surface area contributed by atoms with E-state index in [4.69, 9.17) is 9.15 Å². The summed E-state index contributed by atoms with van der Waals surface area (Å²) in [6.07, 6.45) is 2.26. The highest BCUT2D eigenvalue weighted by molar-refractivity contribution is 7.92. The third kappa shape index (κ3) is 4.99. The lowest BCUT2D eigenvalue weighted by Crippen LogP contribution is -2.29. The van der Waals surface area contributed by atoms with Gasteiger partial charge in [0.2, 0.25) is 0 Å². The van der Waals surface area contributed by atoms with Crippen LogP contribution in [-0.2, 0) is 34.4 Å². The second kappa shape index (κ2) is 9.77. The van der Waals surface area contributed by atoms with Gasteiger partial charge in [-0.05, 0) is 66.1 Å². The van der Waals surface area contributed by atoms with Crippen LogP contribution >= 0.6 is 0 Å². The van der Waals surface area contributed by atoms with Crippen molar-refractivity contribution in [2.75, 3.05) is 16.2 Å². The standard InChI is InChI=1S/C27H24N2O5S/c30-27(28-23-9-3-6-20(16-23)18-33-19-24-10-5-15-34-24)22-8-4-11-25(17-22)35(31,32)29-14-13-21-7-1-2-12-26(21)29/h1-12,15-17H,13-14,18-19H2,(H,28,30). The van der Waals surface area contributed by atoms with Crippen molar-refractivity contribution in [1.82, 2.24) is 0 Å². The molecule has 8 heteroatoms. The number of sulfonamides is 1. The molecule has 0 fully saturated rings. The van der Waals surface area contributed by atoms with Crippen LogP contribution in [0.25, 0.3) is 0 Å². The highest BCUT2D eigenvalue weighted by Crippen LogP contribution is 2.32. The van der Waals surface area contributed by atoms with Gasteiger partial charge < -0.3 is 14.5 Å². The summed E-state index contributed by atoms with van der Waals surface area (Å²) in [4.78, 5) is 13.0. The van der Waals surface area contributed by atoms with Gasteiger partial charge in [0.1, 0.15) is 12.4 Å². The molecule has 1 N–H and O–H groups in total. The molecule has 35 heavy (non-hydrogen) atoms. The Kier molecular flexibility index (Phi) is 6.39. The largest absolute Gasteiger partial charge is 0.467 e. The summed E-state index contributed by atoms with van der Waals surface area (Å²) in [6.45, 7) is 1.09. The van der Waals surface area contributed by atoms with E-state index in [1.165, 1.54) is 16.4 Å². The van der Waals surface area contributed by atoms with Gasteiger partial charge >= 0.3 is 0 Å². The van der Waals surface area contributed by atoms with E-state index in [9.17, 15) is 13.2 Å². The highest BCUT2D eigenvalue weighted by atomic mass is 32.2. The Morgan fingerprint density at radius 1 is 0.943 bits per heavy atom. The maximum atomic E-state index is 13.3. The van der Waals surface area contributed by atoms with Crippen molar-refractivity contribution in [3.8, 4) is 0 Å². The van der Waals surface area contributed by atoms with E-state index in [1.54, 1.807) is 30.5 Å². The summed E-state index contributed by atoms with van der Waals surface area (Å²) in [7, 11) is -3.79.